The van der Waals surface area contributed by atoms with Gasteiger partial charge in [0.2, 0.25) is 15.8 Å². The molecule has 0 saturated heterocycles. The van der Waals surface area contributed by atoms with Crippen LogP contribution in [0.1, 0.15) is 5.69 Å². The highest BCUT2D eigenvalue weighted by Gasteiger charge is 2.26. The van der Waals surface area contributed by atoms with Gasteiger partial charge in [0.1, 0.15) is 10.6 Å². The molecule has 0 bridgehead atoms. The van der Waals surface area contributed by atoms with Crippen LogP contribution in [0.5, 0.6) is 0 Å². The van der Waals surface area contributed by atoms with Crippen LogP contribution in [0.3, 0.4) is 0 Å². The van der Waals surface area contributed by atoms with E-state index >= 15 is 0 Å². The number of nitrogens with zero attached hydrogens (tertiary/aromatic N) is 4. The molecule has 0 unspecified atom stereocenters. The average Bonchev–Trinajstić information content (AvgIpc) is 2.90. The van der Waals surface area contributed by atoms with E-state index < -0.39 is 9.84 Å². The van der Waals surface area contributed by atoms with Gasteiger partial charge in [0.25, 0.3) is 0 Å². The summed E-state index contributed by atoms with van der Waals surface area (Å²) in [5, 5.41) is 4.25. The summed E-state index contributed by atoms with van der Waals surface area (Å²) in [5.41, 5.74) is 6.95. The van der Waals surface area contributed by atoms with Crippen molar-refractivity contribution in [3.8, 4) is 11.4 Å². The molecule has 0 radical (unpaired) electrons. The first-order chi connectivity index (χ1) is 10.9. The lowest BCUT2D eigenvalue weighted by molar-refractivity contribution is 0.596. The van der Waals surface area contributed by atoms with Crippen LogP contribution >= 0.6 is 0 Å². The number of aryl methyl sites for hydroxylation is 2. The number of sulfone groups is 1. The van der Waals surface area contributed by atoms with Gasteiger partial charge in [-0.3, -0.25) is 4.68 Å². The van der Waals surface area contributed by atoms with Gasteiger partial charge >= 0.3 is 0 Å². The van der Waals surface area contributed by atoms with Gasteiger partial charge in [-0.25, -0.2) is 18.4 Å². The molecule has 2 heterocycles. The van der Waals surface area contributed by atoms with Gasteiger partial charge in [-0.05, 0) is 25.1 Å². The van der Waals surface area contributed by atoms with Gasteiger partial charge < -0.3 is 5.73 Å². The van der Waals surface area contributed by atoms with Crippen LogP contribution in [0.25, 0.3) is 11.4 Å². The number of benzene rings is 1. The number of hydrogen-bond acceptors (Lipinski definition) is 6. The van der Waals surface area contributed by atoms with E-state index in [1.54, 1.807) is 50.4 Å². The minimum atomic E-state index is -3.71. The minimum absolute atomic E-state index is 0.0775. The Morgan fingerprint density at radius 1 is 1.13 bits per heavy atom. The van der Waals surface area contributed by atoms with E-state index in [0.29, 0.717) is 11.4 Å². The Hall–Kier alpha value is -2.74. The normalized spacial score (nSPS) is 11.6. The molecule has 0 aliphatic carbocycles. The third kappa shape index (κ3) is 2.80. The molecule has 2 N–H and O–H groups in total. The third-order valence-corrected chi connectivity index (χ3v) is 5.02. The molecule has 0 spiro atoms. The lowest BCUT2D eigenvalue weighted by Gasteiger charge is -2.05. The predicted octanol–water partition coefficient (Wildman–Crippen LogP) is 1.60. The molecular weight excluding hydrogens is 314 g/mol. The molecule has 0 atom stereocenters. The van der Waals surface area contributed by atoms with Crippen molar-refractivity contribution in [3.05, 3.63) is 48.3 Å². The first-order valence-corrected chi connectivity index (χ1v) is 8.31. The summed E-state index contributed by atoms with van der Waals surface area (Å²) in [6.45, 7) is 1.76. The molecule has 118 valence electrons. The molecule has 0 fully saturated rings. The average molecular weight is 329 g/mol. The first kappa shape index (κ1) is 15.2. The second kappa shape index (κ2) is 5.47. The predicted molar refractivity (Wildman–Crippen MR) is 85.3 cm³/mol. The van der Waals surface area contributed by atoms with Crippen molar-refractivity contribution < 1.29 is 8.42 Å². The monoisotopic (exact) mass is 329 g/mol. The van der Waals surface area contributed by atoms with Crippen LogP contribution in [-0.4, -0.2) is 28.2 Å². The van der Waals surface area contributed by atoms with E-state index in [4.69, 9.17) is 5.73 Å². The lowest BCUT2D eigenvalue weighted by Crippen LogP contribution is -2.04. The zero-order chi connectivity index (χ0) is 16.6. The summed E-state index contributed by atoms with van der Waals surface area (Å²) in [6, 6.07) is 9.86. The molecule has 0 aliphatic rings. The van der Waals surface area contributed by atoms with Crippen molar-refractivity contribution in [2.24, 2.45) is 7.05 Å². The summed E-state index contributed by atoms with van der Waals surface area (Å²) < 4.78 is 27.2. The molecule has 3 rings (SSSR count). The lowest BCUT2D eigenvalue weighted by atomic mass is 10.2. The smallest absolute Gasteiger partial charge is 0.220 e. The van der Waals surface area contributed by atoms with Crippen molar-refractivity contribution >= 4 is 15.8 Å². The van der Waals surface area contributed by atoms with Crippen molar-refractivity contribution in [1.29, 1.82) is 0 Å². The van der Waals surface area contributed by atoms with E-state index in [1.165, 1.54) is 10.9 Å². The fourth-order valence-corrected chi connectivity index (χ4v) is 3.74. The fraction of sp³-hybridized carbons (Fsp3) is 0.133. The second-order valence-corrected chi connectivity index (χ2v) is 7.00. The molecule has 8 heteroatoms. The van der Waals surface area contributed by atoms with E-state index in [1.807, 2.05) is 0 Å². The molecule has 0 amide bonds. The Balaban J connectivity index is 2.23. The number of aromatic nitrogens is 4. The summed E-state index contributed by atoms with van der Waals surface area (Å²) in [6.07, 6.45) is 1.46. The standard InChI is InChI=1S/C15H15N5O2S/c1-10-8-12(18-15(16)17-10)14-13(9-20(2)19-14)23(21,22)11-6-4-3-5-7-11/h3-9H,1-2H3,(H2,16,17,18). The van der Waals surface area contributed by atoms with Crippen molar-refractivity contribution in [3.63, 3.8) is 0 Å². The first-order valence-electron chi connectivity index (χ1n) is 6.83. The van der Waals surface area contributed by atoms with Crippen LogP contribution in [0.15, 0.2) is 52.4 Å². The fourth-order valence-electron chi connectivity index (χ4n) is 2.28. The zero-order valence-electron chi connectivity index (χ0n) is 12.6. The quantitative estimate of drug-likeness (QED) is 0.783. The van der Waals surface area contributed by atoms with Gasteiger partial charge in [-0.1, -0.05) is 18.2 Å². The van der Waals surface area contributed by atoms with E-state index in [0.717, 1.165) is 0 Å². The van der Waals surface area contributed by atoms with E-state index in [-0.39, 0.29) is 21.4 Å². The van der Waals surface area contributed by atoms with Crippen LogP contribution in [0, 0.1) is 6.92 Å². The van der Waals surface area contributed by atoms with Gasteiger partial charge in [-0.2, -0.15) is 5.10 Å². The maximum atomic E-state index is 12.9. The van der Waals surface area contributed by atoms with Gasteiger partial charge in [0.15, 0.2) is 0 Å². The Labute approximate surface area is 133 Å². The van der Waals surface area contributed by atoms with E-state index in [9.17, 15) is 8.42 Å². The van der Waals surface area contributed by atoms with Crippen LogP contribution < -0.4 is 5.73 Å². The molecule has 0 saturated carbocycles. The highest BCUT2D eigenvalue weighted by atomic mass is 32.2. The molecule has 0 aliphatic heterocycles. The summed E-state index contributed by atoms with van der Waals surface area (Å²) >= 11 is 0. The van der Waals surface area contributed by atoms with Crippen molar-refractivity contribution in [2.75, 3.05) is 5.73 Å². The summed E-state index contributed by atoms with van der Waals surface area (Å²) in [5.74, 6) is 0.0775. The zero-order valence-corrected chi connectivity index (χ0v) is 13.4. The molecular formula is C15H15N5O2S. The third-order valence-electron chi connectivity index (χ3n) is 3.25. The second-order valence-electron chi connectivity index (χ2n) is 5.08. The van der Waals surface area contributed by atoms with Gasteiger partial charge in [0, 0.05) is 18.9 Å². The van der Waals surface area contributed by atoms with Crippen LogP contribution in [0.4, 0.5) is 5.95 Å². The Morgan fingerprint density at radius 2 is 1.83 bits per heavy atom. The van der Waals surface area contributed by atoms with Gasteiger partial charge in [-0.15, -0.1) is 0 Å². The SMILES string of the molecule is Cc1cc(-c2nn(C)cc2S(=O)(=O)c2ccccc2)nc(N)n1. The number of nitrogens with two attached hydrogens (primary N) is 1. The largest absolute Gasteiger partial charge is 0.368 e. The maximum absolute atomic E-state index is 12.9. The molecule has 7 nitrogen and oxygen atoms in total. The summed E-state index contributed by atoms with van der Waals surface area (Å²) in [7, 11) is -2.05. The topological polar surface area (TPSA) is 104 Å². The molecule has 2 aromatic heterocycles. The molecule has 3 aromatic rings. The Bertz CT molecular complexity index is 945. The number of hydrogen-bond donors (Lipinski definition) is 1. The summed E-state index contributed by atoms with van der Waals surface area (Å²) in [4.78, 5) is 8.40. The van der Waals surface area contributed by atoms with Crippen LogP contribution in [-0.2, 0) is 16.9 Å². The Kier molecular flexibility index (Phi) is 3.61. The maximum Gasteiger partial charge on any atom is 0.220 e. The molecule has 23 heavy (non-hydrogen) atoms. The molecule has 1 aromatic carbocycles. The minimum Gasteiger partial charge on any atom is -0.368 e. The van der Waals surface area contributed by atoms with Crippen molar-refractivity contribution in [1.82, 2.24) is 19.7 Å². The highest BCUT2D eigenvalue weighted by molar-refractivity contribution is 7.91. The van der Waals surface area contributed by atoms with Crippen molar-refractivity contribution in [2.45, 2.75) is 16.7 Å². The number of anilines is 1. The van der Waals surface area contributed by atoms with Gasteiger partial charge in [0.05, 0.1) is 10.6 Å². The number of nitrogen functional groups attached to an aromatic ring is 1. The highest BCUT2D eigenvalue weighted by Crippen LogP contribution is 2.29. The Morgan fingerprint density at radius 3 is 2.48 bits per heavy atom. The number of rotatable bonds is 3. The van der Waals surface area contributed by atoms with Crippen LogP contribution in [0.2, 0.25) is 0 Å². The van der Waals surface area contributed by atoms with E-state index in [2.05, 4.69) is 15.1 Å².